The monoisotopic (exact) mass is 506 g/mol. The molecule has 1 atom stereocenters. The molecule has 3 aromatic rings. The lowest BCUT2D eigenvalue weighted by atomic mass is 10.00. The van der Waals surface area contributed by atoms with E-state index in [1.807, 2.05) is 0 Å². The van der Waals surface area contributed by atoms with E-state index in [0.29, 0.717) is 29.1 Å². The second-order valence-electron chi connectivity index (χ2n) is 9.51. The number of methoxy groups -OCH3 is 1. The first kappa shape index (κ1) is 24.4. The van der Waals surface area contributed by atoms with Crippen LogP contribution in [0.15, 0.2) is 36.7 Å². The van der Waals surface area contributed by atoms with Crippen molar-refractivity contribution in [2.75, 3.05) is 13.7 Å². The van der Waals surface area contributed by atoms with Gasteiger partial charge in [0.05, 0.1) is 25.6 Å². The number of aromatic nitrogens is 2. The first-order chi connectivity index (χ1) is 17.2. The third kappa shape index (κ3) is 5.27. The van der Waals surface area contributed by atoms with Crippen LogP contribution in [0, 0.1) is 11.8 Å². The van der Waals surface area contributed by atoms with Crippen LogP contribution in [-0.4, -0.2) is 41.4 Å². The molecule has 0 bridgehead atoms. The second-order valence-corrected chi connectivity index (χ2v) is 9.51. The Kier molecular flexibility index (Phi) is 6.53. The summed E-state index contributed by atoms with van der Waals surface area (Å²) in [5.74, 6) is -2.45. The standard InChI is InChI=1S/C26H26F4N2O4/c1-34-21-9-17(10-22(36-25(27)28)24(21)20(33)8-15-2-3-15)19-13-31-23-11-18(5-7-32(19)23)35-14-16-4-6-26(29,30)12-16/h5,7,9-11,13,15-16,25H,2-4,6,8,12,14H2,1H3. The molecule has 2 aliphatic carbocycles. The fourth-order valence-corrected chi connectivity index (χ4v) is 4.71. The van der Waals surface area contributed by atoms with Gasteiger partial charge in [0.2, 0.25) is 5.92 Å². The van der Waals surface area contributed by atoms with E-state index in [0.717, 1.165) is 12.8 Å². The van der Waals surface area contributed by atoms with Crippen molar-refractivity contribution >= 4 is 11.4 Å². The van der Waals surface area contributed by atoms with Crippen LogP contribution in [0.4, 0.5) is 17.6 Å². The summed E-state index contributed by atoms with van der Waals surface area (Å²) < 4.78 is 70.9. The maximum Gasteiger partial charge on any atom is 0.387 e. The number of benzene rings is 1. The van der Waals surface area contributed by atoms with Crippen molar-refractivity contribution in [3.05, 3.63) is 42.2 Å². The number of pyridine rings is 1. The molecule has 2 fully saturated rings. The lowest BCUT2D eigenvalue weighted by molar-refractivity contribution is -0.0502. The first-order valence-electron chi connectivity index (χ1n) is 11.9. The zero-order valence-electron chi connectivity index (χ0n) is 19.7. The van der Waals surface area contributed by atoms with Crippen LogP contribution in [0.5, 0.6) is 17.2 Å². The van der Waals surface area contributed by atoms with Gasteiger partial charge in [-0.25, -0.2) is 13.8 Å². The number of hydrogen-bond donors (Lipinski definition) is 0. The number of imidazole rings is 1. The Hall–Kier alpha value is -3.30. The summed E-state index contributed by atoms with van der Waals surface area (Å²) in [6.45, 7) is -2.92. The maximum absolute atomic E-state index is 13.4. The fraction of sp³-hybridized carbons (Fsp3) is 0.462. The number of Topliss-reactive ketones (excluding diaryl/α,β-unsaturated/α-hetero) is 1. The number of halogens is 4. The third-order valence-electron chi connectivity index (χ3n) is 6.72. The highest BCUT2D eigenvalue weighted by Crippen LogP contribution is 2.41. The van der Waals surface area contributed by atoms with E-state index in [2.05, 4.69) is 4.98 Å². The summed E-state index contributed by atoms with van der Waals surface area (Å²) in [6, 6.07) is 6.36. The van der Waals surface area contributed by atoms with Crippen molar-refractivity contribution in [1.29, 1.82) is 0 Å². The number of rotatable bonds is 10. The van der Waals surface area contributed by atoms with Gasteiger partial charge in [-0.3, -0.25) is 9.20 Å². The Balaban J connectivity index is 1.42. The Bertz CT molecular complexity index is 1270. The minimum atomic E-state index is -3.11. The maximum atomic E-state index is 13.4. The van der Waals surface area contributed by atoms with Gasteiger partial charge in [-0.1, -0.05) is 0 Å². The lowest BCUT2D eigenvalue weighted by Crippen LogP contribution is -2.13. The number of ether oxygens (including phenoxy) is 3. The quantitative estimate of drug-likeness (QED) is 0.235. The molecule has 36 heavy (non-hydrogen) atoms. The molecular weight excluding hydrogens is 480 g/mol. The highest BCUT2D eigenvalue weighted by atomic mass is 19.3. The topological polar surface area (TPSA) is 62.1 Å². The van der Waals surface area contributed by atoms with Crippen LogP contribution in [-0.2, 0) is 0 Å². The molecule has 0 N–H and O–H groups in total. The summed E-state index contributed by atoms with van der Waals surface area (Å²) in [5.41, 5.74) is 1.56. The largest absolute Gasteiger partial charge is 0.496 e. The van der Waals surface area contributed by atoms with Crippen LogP contribution in [0.25, 0.3) is 16.9 Å². The average Bonchev–Trinajstić information content (AvgIpc) is 3.42. The molecule has 192 valence electrons. The summed E-state index contributed by atoms with van der Waals surface area (Å²) >= 11 is 0. The predicted molar refractivity (Wildman–Crippen MR) is 123 cm³/mol. The molecule has 2 heterocycles. The molecule has 0 aliphatic heterocycles. The van der Waals surface area contributed by atoms with E-state index in [1.54, 1.807) is 35.0 Å². The van der Waals surface area contributed by atoms with Gasteiger partial charge in [-0.05, 0) is 49.3 Å². The molecule has 2 aliphatic rings. The SMILES string of the molecule is COc1cc(-c2cnc3cc(OCC4CCC(F)(F)C4)ccn23)cc(OC(F)F)c1C(=O)CC1CC1. The molecule has 10 heteroatoms. The smallest absolute Gasteiger partial charge is 0.387 e. The van der Waals surface area contributed by atoms with Gasteiger partial charge in [-0.2, -0.15) is 8.78 Å². The molecule has 2 aromatic heterocycles. The minimum Gasteiger partial charge on any atom is -0.496 e. The zero-order valence-corrected chi connectivity index (χ0v) is 19.7. The van der Waals surface area contributed by atoms with Crippen molar-refractivity contribution in [2.45, 2.75) is 51.1 Å². The van der Waals surface area contributed by atoms with Crippen LogP contribution >= 0.6 is 0 Å². The number of hydrogen-bond acceptors (Lipinski definition) is 5. The molecule has 0 saturated heterocycles. The molecule has 6 nitrogen and oxygen atoms in total. The van der Waals surface area contributed by atoms with Crippen LogP contribution in [0.3, 0.4) is 0 Å². The van der Waals surface area contributed by atoms with Crippen molar-refractivity contribution in [1.82, 2.24) is 9.38 Å². The highest BCUT2D eigenvalue weighted by molar-refractivity contribution is 6.02. The van der Waals surface area contributed by atoms with Crippen molar-refractivity contribution in [3.8, 4) is 28.5 Å². The van der Waals surface area contributed by atoms with Gasteiger partial charge >= 0.3 is 6.61 Å². The van der Waals surface area contributed by atoms with Gasteiger partial charge in [0.1, 0.15) is 28.5 Å². The van der Waals surface area contributed by atoms with E-state index < -0.39 is 12.5 Å². The third-order valence-corrected chi connectivity index (χ3v) is 6.72. The molecule has 0 spiro atoms. The number of fused-ring (bicyclic) bond motifs is 1. The normalized spacial score (nSPS) is 19.1. The Labute approximate surface area is 205 Å². The number of carbonyl (C=O) groups excluding carboxylic acids is 1. The number of nitrogens with zero attached hydrogens (tertiary/aromatic N) is 2. The van der Waals surface area contributed by atoms with Gasteiger partial charge in [0.25, 0.3) is 0 Å². The summed E-state index contributed by atoms with van der Waals surface area (Å²) in [5, 5.41) is 0. The van der Waals surface area contributed by atoms with Crippen LogP contribution < -0.4 is 14.2 Å². The fourth-order valence-electron chi connectivity index (χ4n) is 4.71. The number of carbonyl (C=O) groups is 1. The molecule has 1 aromatic carbocycles. The molecular formula is C26H26F4N2O4. The average molecular weight is 506 g/mol. The van der Waals surface area contributed by atoms with E-state index in [9.17, 15) is 22.4 Å². The van der Waals surface area contributed by atoms with Gasteiger partial charge in [0.15, 0.2) is 5.78 Å². The molecule has 0 amide bonds. The summed E-state index contributed by atoms with van der Waals surface area (Å²) in [4.78, 5) is 17.2. The van der Waals surface area contributed by atoms with Crippen molar-refractivity contribution in [3.63, 3.8) is 0 Å². The molecule has 1 unspecified atom stereocenters. The Morgan fingerprint density at radius 3 is 2.61 bits per heavy atom. The second kappa shape index (κ2) is 9.63. The minimum absolute atomic E-state index is 0.00967. The zero-order chi connectivity index (χ0) is 25.4. The van der Waals surface area contributed by atoms with E-state index >= 15 is 0 Å². The van der Waals surface area contributed by atoms with Crippen LogP contribution in [0.2, 0.25) is 0 Å². The highest BCUT2D eigenvalue weighted by Gasteiger charge is 2.39. The van der Waals surface area contributed by atoms with Crippen LogP contribution in [0.1, 0.15) is 48.9 Å². The number of ketones is 1. The molecule has 5 rings (SSSR count). The van der Waals surface area contributed by atoms with E-state index in [4.69, 9.17) is 14.2 Å². The summed E-state index contributed by atoms with van der Waals surface area (Å²) in [6.07, 6.45) is 5.53. The first-order valence-corrected chi connectivity index (χ1v) is 11.9. The molecule has 2 saturated carbocycles. The van der Waals surface area contributed by atoms with Gasteiger partial charge in [-0.15, -0.1) is 0 Å². The number of alkyl halides is 4. The lowest BCUT2D eigenvalue weighted by Gasteiger charge is -2.16. The summed E-state index contributed by atoms with van der Waals surface area (Å²) in [7, 11) is 1.37. The molecule has 0 radical (unpaired) electrons. The van der Waals surface area contributed by atoms with Gasteiger partial charge < -0.3 is 14.2 Å². The predicted octanol–water partition coefficient (Wildman–Crippen LogP) is 6.41. The van der Waals surface area contributed by atoms with E-state index in [1.165, 1.54) is 13.2 Å². The van der Waals surface area contributed by atoms with Gasteiger partial charge in [0, 0.05) is 37.1 Å². The van der Waals surface area contributed by atoms with E-state index in [-0.39, 0.29) is 60.6 Å². The Morgan fingerprint density at radius 1 is 1.17 bits per heavy atom. The van der Waals surface area contributed by atoms with Crippen molar-refractivity contribution in [2.24, 2.45) is 11.8 Å². The Morgan fingerprint density at radius 2 is 1.94 bits per heavy atom. The van der Waals surface area contributed by atoms with Crippen molar-refractivity contribution < 1.29 is 36.6 Å².